The van der Waals surface area contributed by atoms with Crippen LogP contribution in [0, 0.1) is 17.2 Å². The molecule has 2 rings (SSSR count). The second-order valence-corrected chi connectivity index (χ2v) is 5.81. The van der Waals surface area contributed by atoms with E-state index in [0.717, 1.165) is 24.6 Å². The lowest BCUT2D eigenvalue weighted by molar-refractivity contribution is 0.206. The molecular weight excluding hydrogens is 230 g/mol. The van der Waals surface area contributed by atoms with E-state index in [1.165, 1.54) is 30.8 Å². The maximum atomic E-state index is 8.74. The molecule has 1 atom stereocenters. The Hall–Kier alpha value is -0.890. The van der Waals surface area contributed by atoms with Crippen LogP contribution in [-0.4, -0.2) is 31.6 Å². The van der Waals surface area contributed by atoms with E-state index in [4.69, 9.17) is 5.26 Å². The molecule has 0 bridgehead atoms. The van der Waals surface area contributed by atoms with Crippen molar-refractivity contribution in [2.45, 2.75) is 19.4 Å². The predicted molar refractivity (Wildman–Crippen MR) is 71.0 cm³/mol. The van der Waals surface area contributed by atoms with Crippen LogP contribution in [0.1, 0.15) is 23.3 Å². The molecule has 4 heteroatoms. The number of thiophene rings is 1. The van der Waals surface area contributed by atoms with Crippen molar-refractivity contribution in [3.8, 4) is 6.07 Å². The van der Waals surface area contributed by atoms with Crippen LogP contribution in [0.2, 0.25) is 0 Å². The minimum absolute atomic E-state index is 0.782. The van der Waals surface area contributed by atoms with Gasteiger partial charge in [0.2, 0.25) is 0 Å². The maximum Gasteiger partial charge on any atom is 0.100 e. The van der Waals surface area contributed by atoms with Gasteiger partial charge >= 0.3 is 0 Å². The first-order chi connectivity index (χ1) is 8.28. The van der Waals surface area contributed by atoms with Gasteiger partial charge < -0.3 is 10.2 Å². The summed E-state index contributed by atoms with van der Waals surface area (Å²) in [4.78, 5) is 3.67. The Balaban J connectivity index is 1.70. The van der Waals surface area contributed by atoms with Crippen molar-refractivity contribution in [1.29, 1.82) is 5.26 Å². The Kier molecular flexibility index (Phi) is 4.55. The molecule has 92 valence electrons. The molecule has 17 heavy (non-hydrogen) atoms. The van der Waals surface area contributed by atoms with Crippen LogP contribution in [0.3, 0.4) is 0 Å². The first kappa shape index (κ1) is 12.6. The molecule has 1 saturated heterocycles. The van der Waals surface area contributed by atoms with Crippen molar-refractivity contribution < 1.29 is 0 Å². The quantitative estimate of drug-likeness (QED) is 0.887. The van der Waals surface area contributed by atoms with Gasteiger partial charge in [0.25, 0.3) is 0 Å². The summed E-state index contributed by atoms with van der Waals surface area (Å²) in [6.07, 6.45) is 2.66. The van der Waals surface area contributed by atoms with Gasteiger partial charge in [-0.25, -0.2) is 0 Å². The average Bonchev–Trinajstić information content (AvgIpc) is 2.77. The number of nitrogens with one attached hydrogen (secondary N) is 1. The SMILES string of the molecule is CN1CCCC(CNCc2cc(C#N)cs2)C1. The van der Waals surface area contributed by atoms with Crippen molar-refractivity contribution in [2.75, 3.05) is 26.7 Å². The Labute approximate surface area is 107 Å². The molecule has 0 aromatic carbocycles. The molecule has 1 aliphatic rings. The van der Waals surface area contributed by atoms with E-state index in [9.17, 15) is 0 Å². The highest BCUT2D eigenvalue weighted by atomic mass is 32.1. The van der Waals surface area contributed by atoms with Gasteiger partial charge in [-0.15, -0.1) is 11.3 Å². The average molecular weight is 249 g/mol. The lowest BCUT2D eigenvalue weighted by atomic mass is 9.98. The van der Waals surface area contributed by atoms with Gasteiger partial charge in [-0.05, 0) is 45.0 Å². The topological polar surface area (TPSA) is 39.1 Å². The van der Waals surface area contributed by atoms with Crippen LogP contribution in [0.25, 0.3) is 0 Å². The van der Waals surface area contributed by atoms with Crippen LogP contribution in [-0.2, 0) is 6.54 Å². The van der Waals surface area contributed by atoms with Gasteiger partial charge in [-0.1, -0.05) is 0 Å². The van der Waals surface area contributed by atoms with Crippen LogP contribution in [0.15, 0.2) is 11.4 Å². The third-order valence-electron chi connectivity index (χ3n) is 3.24. The van der Waals surface area contributed by atoms with E-state index in [-0.39, 0.29) is 0 Å². The normalized spacial score (nSPS) is 21.3. The van der Waals surface area contributed by atoms with E-state index in [0.29, 0.717) is 0 Å². The number of likely N-dealkylation sites (tertiary alicyclic amines) is 1. The molecule has 2 heterocycles. The molecule has 0 spiro atoms. The van der Waals surface area contributed by atoms with E-state index >= 15 is 0 Å². The summed E-state index contributed by atoms with van der Waals surface area (Å²) < 4.78 is 0. The maximum absolute atomic E-state index is 8.74. The zero-order valence-electron chi connectivity index (χ0n) is 10.3. The fourth-order valence-corrected chi connectivity index (χ4v) is 3.15. The molecule has 1 aliphatic heterocycles. The molecule has 1 aromatic rings. The first-order valence-electron chi connectivity index (χ1n) is 6.14. The minimum Gasteiger partial charge on any atom is -0.312 e. The molecule has 1 N–H and O–H groups in total. The number of nitriles is 1. The van der Waals surface area contributed by atoms with Gasteiger partial charge in [0.05, 0.1) is 5.56 Å². The number of hydrogen-bond acceptors (Lipinski definition) is 4. The van der Waals surface area contributed by atoms with Crippen molar-refractivity contribution in [2.24, 2.45) is 5.92 Å². The summed E-state index contributed by atoms with van der Waals surface area (Å²) in [5.41, 5.74) is 0.782. The molecule has 1 unspecified atom stereocenters. The number of hydrogen-bond donors (Lipinski definition) is 1. The van der Waals surface area contributed by atoms with Crippen LogP contribution in [0.5, 0.6) is 0 Å². The van der Waals surface area contributed by atoms with Crippen LogP contribution >= 0.6 is 11.3 Å². The molecule has 3 nitrogen and oxygen atoms in total. The molecular formula is C13H19N3S. The lowest BCUT2D eigenvalue weighted by Gasteiger charge is -2.29. The summed E-state index contributed by atoms with van der Waals surface area (Å²) in [7, 11) is 2.20. The van der Waals surface area contributed by atoms with Crippen molar-refractivity contribution in [3.05, 3.63) is 21.9 Å². The molecule has 0 aliphatic carbocycles. The highest BCUT2D eigenvalue weighted by Gasteiger charge is 2.16. The van der Waals surface area contributed by atoms with Gasteiger partial charge in [0, 0.05) is 23.3 Å². The first-order valence-corrected chi connectivity index (χ1v) is 7.02. The number of nitrogens with zero attached hydrogens (tertiary/aromatic N) is 2. The third kappa shape index (κ3) is 3.81. The smallest absolute Gasteiger partial charge is 0.100 e. The van der Waals surface area contributed by atoms with Gasteiger partial charge in [-0.3, -0.25) is 0 Å². The Morgan fingerprint density at radius 1 is 1.65 bits per heavy atom. The minimum atomic E-state index is 0.782. The Morgan fingerprint density at radius 3 is 3.24 bits per heavy atom. The second-order valence-electron chi connectivity index (χ2n) is 4.81. The van der Waals surface area contributed by atoms with Gasteiger partial charge in [-0.2, -0.15) is 5.26 Å². The Bertz CT molecular complexity index is 394. The predicted octanol–water partition coefficient (Wildman–Crippen LogP) is 2.05. The lowest BCUT2D eigenvalue weighted by Crippen LogP contribution is -2.37. The molecule has 1 fully saturated rings. The number of piperidine rings is 1. The summed E-state index contributed by atoms with van der Waals surface area (Å²) in [5.74, 6) is 0.782. The van der Waals surface area contributed by atoms with Gasteiger partial charge in [0.1, 0.15) is 6.07 Å². The summed E-state index contributed by atoms with van der Waals surface area (Å²) in [6, 6.07) is 4.15. The molecule has 1 aromatic heterocycles. The highest BCUT2D eigenvalue weighted by molar-refractivity contribution is 7.10. The monoisotopic (exact) mass is 249 g/mol. The zero-order valence-corrected chi connectivity index (χ0v) is 11.1. The molecule has 0 saturated carbocycles. The summed E-state index contributed by atoms with van der Waals surface area (Å²) in [5, 5.41) is 14.2. The number of rotatable bonds is 4. The van der Waals surface area contributed by atoms with Crippen molar-refractivity contribution in [3.63, 3.8) is 0 Å². The zero-order chi connectivity index (χ0) is 12.1. The van der Waals surface area contributed by atoms with Crippen molar-refractivity contribution in [1.82, 2.24) is 10.2 Å². The van der Waals surface area contributed by atoms with E-state index in [1.54, 1.807) is 11.3 Å². The van der Waals surface area contributed by atoms with E-state index < -0.39 is 0 Å². The highest BCUT2D eigenvalue weighted by Crippen LogP contribution is 2.16. The third-order valence-corrected chi connectivity index (χ3v) is 4.17. The Morgan fingerprint density at radius 2 is 2.53 bits per heavy atom. The van der Waals surface area contributed by atoms with Gasteiger partial charge in [0.15, 0.2) is 0 Å². The van der Waals surface area contributed by atoms with Crippen LogP contribution in [0.4, 0.5) is 0 Å². The van der Waals surface area contributed by atoms with E-state index in [2.05, 4.69) is 23.3 Å². The molecule has 0 amide bonds. The fraction of sp³-hybridized carbons (Fsp3) is 0.615. The van der Waals surface area contributed by atoms with Crippen LogP contribution < -0.4 is 5.32 Å². The van der Waals surface area contributed by atoms with Crippen molar-refractivity contribution >= 4 is 11.3 Å². The fourth-order valence-electron chi connectivity index (χ4n) is 2.37. The molecule has 0 radical (unpaired) electrons. The summed E-state index contributed by atoms with van der Waals surface area (Å²) in [6.45, 7) is 4.44. The standard InChI is InChI=1S/C13H19N3S/c1-16-4-2-3-11(9-16)7-15-8-13-5-12(6-14)10-17-13/h5,10-11,15H,2-4,7-9H2,1H3. The van der Waals surface area contributed by atoms with E-state index in [1.807, 2.05) is 11.4 Å². The second kappa shape index (κ2) is 6.15. The largest absolute Gasteiger partial charge is 0.312 e. The summed E-state index contributed by atoms with van der Waals surface area (Å²) >= 11 is 1.67.